The summed E-state index contributed by atoms with van der Waals surface area (Å²) in [5.74, 6) is 0.796. The monoisotopic (exact) mass is 456 g/mol. The number of nitrogens with one attached hydrogen (secondary N) is 2. The predicted molar refractivity (Wildman–Crippen MR) is 134 cm³/mol. The number of piperidine rings is 1. The van der Waals surface area contributed by atoms with E-state index in [1.54, 1.807) is 19.7 Å². The van der Waals surface area contributed by atoms with Crippen molar-refractivity contribution < 1.29 is 4.79 Å². The normalized spacial score (nSPS) is 16.0. The van der Waals surface area contributed by atoms with Crippen molar-refractivity contribution in [2.45, 2.75) is 38.1 Å². The van der Waals surface area contributed by atoms with Gasteiger partial charge in [-0.1, -0.05) is 36.8 Å². The number of hydrogen-bond donors (Lipinski definition) is 2. The average Bonchev–Trinajstić information content (AvgIpc) is 3.56. The Morgan fingerprint density at radius 1 is 1.12 bits per heavy atom. The molecule has 0 radical (unpaired) electrons. The van der Waals surface area contributed by atoms with Crippen LogP contribution in [0.3, 0.4) is 0 Å². The standard InChI is InChI=1S/C27H32N6O/c1-28-27(34)26(21-7-3-2-4-8-21)32-14-12-20(13-15-32)6-5-9-22-17-29-25-11-10-23(16-24(22)25)33-18-30-31-19-33/h2-4,7-8,10-11,16-20,26,29H,5-6,9,12-15H2,1H3,(H,28,34). The van der Waals surface area contributed by atoms with E-state index in [0.717, 1.165) is 49.5 Å². The number of likely N-dealkylation sites (N-methyl/N-ethyl adjacent to an activating group) is 1. The summed E-state index contributed by atoms with van der Waals surface area (Å²) in [7, 11) is 1.73. The molecule has 0 bridgehead atoms. The van der Waals surface area contributed by atoms with Gasteiger partial charge in [0.25, 0.3) is 0 Å². The highest BCUT2D eigenvalue weighted by atomic mass is 16.2. The molecule has 1 atom stereocenters. The molecule has 7 nitrogen and oxygen atoms in total. The number of fused-ring (bicyclic) bond motifs is 1. The van der Waals surface area contributed by atoms with E-state index in [0.29, 0.717) is 0 Å². The average molecular weight is 457 g/mol. The highest BCUT2D eigenvalue weighted by Crippen LogP contribution is 2.30. The molecule has 34 heavy (non-hydrogen) atoms. The maximum Gasteiger partial charge on any atom is 0.241 e. The molecule has 176 valence electrons. The molecule has 0 spiro atoms. The molecule has 1 amide bonds. The summed E-state index contributed by atoms with van der Waals surface area (Å²) >= 11 is 0. The molecular weight excluding hydrogens is 424 g/mol. The molecule has 1 fully saturated rings. The van der Waals surface area contributed by atoms with Crippen molar-refractivity contribution in [3.8, 4) is 5.69 Å². The van der Waals surface area contributed by atoms with Gasteiger partial charge < -0.3 is 10.3 Å². The second-order valence-corrected chi connectivity index (χ2v) is 9.21. The molecule has 1 saturated heterocycles. The number of aryl methyl sites for hydroxylation is 1. The van der Waals surface area contributed by atoms with Crippen molar-refractivity contribution in [1.82, 2.24) is 30.0 Å². The molecule has 2 N–H and O–H groups in total. The Morgan fingerprint density at radius 2 is 1.88 bits per heavy atom. The first-order valence-electron chi connectivity index (χ1n) is 12.2. The number of carbonyl (C=O) groups is 1. The lowest BCUT2D eigenvalue weighted by atomic mass is 9.89. The molecule has 2 aromatic heterocycles. The Kier molecular flexibility index (Phi) is 6.72. The Bertz CT molecular complexity index is 1210. The van der Waals surface area contributed by atoms with Gasteiger partial charge in [0.15, 0.2) is 0 Å². The summed E-state index contributed by atoms with van der Waals surface area (Å²) in [6.07, 6.45) is 11.4. The van der Waals surface area contributed by atoms with E-state index in [4.69, 9.17) is 0 Å². The fourth-order valence-electron chi connectivity index (χ4n) is 5.25. The van der Waals surface area contributed by atoms with Crippen LogP contribution in [0, 0.1) is 5.92 Å². The van der Waals surface area contributed by atoms with E-state index < -0.39 is 0 Å². The second-order valence-electron chi connectivity index (χ2n) is 9.21. The number of carbonyl (C=O) groups excluding carboxylic acids is 1. The fraction of sp³-hybridized carbons (Fsp3) is 0.370. The number of hydrogen-bond acceptors (Lipinski definition) is 4. The largest absolute Gasteiger partial charge is 0.361 e. The van der Waals surface area contributed by atoms with Gasteiger partial charge in [-0.05, 0) is 74.0 Å². The Labute approximate surface area is 200 Å². The summed E-state index contributed by atoms with van der Waals surface area (Å²) in [5.41, 5.74) is 4.69. The van der Waals surface area contributed by atoms with Crippen LogP contribution < -0.4 is 5.32 Å². The molecule has 1 aliphatic rings. The molecular formula is C27H32N6O. The molecule has 2 aromatic carbocycles. The van der Waals surface area contributed by atoms with E-state index in [9.17, 15) is 4.79 Å². The van der Waals surface area contributed by atoms with Crippen molar-refractivity contribution >= 4 is 16.8 Å². The second kappa shape index (κ2) is 10.2. The molecule has 0 saturated carbocycles. The van der Waals surface area contributed by atoms with E-state index in [2.05, 4.69) is 61.9 Å². The number of H-pyrrole nitrogens is 1. The Balaban J connectivity index is 1.17. The highest BCUT2D eigenvalue weighted by molar-refractivity contribution is 5.85. The Hall–Kier alpha value is -3.45. The minimum absolute atomic E-state index is 0.0785. The van der Waals surface area contributed by atoms with Gasteiger partial charge in [0.1, 0.15) is 18.7 Å². The lowest BCUT2D eigenvalue weighted by molar-refractivity contribution is -0.126. The first-order valence-corrected chi connectivity index (χ1v) is 12.2. The van der Waals surface area contributed by atoms with Gasteiger partial charge in [-0.25, -0.2) is 0 Å². The number of aromatic nitrogens is 4. The third kappa shape index (κ3) is 4.75. The predicted octanol–water partition coefficient (Wildman–Crippen LogP) is 4.27. The Morgan fingerprint density at radius 3 is 2.62 bits per heavy atom. The zero-order chi connectivity index (χ0) is 23.3. The van der Waals surface area contributed by atoms with Crippen molar-refractivity contribution in [2.75, 3.05) is 20.1 Å². The maximum atomic E-state index is 12.6. The first kappa shape index (κ1) is 22.3. The van der Waals surface area contributed by atoms with Crippen LogP contribution in [0.5, 0.6) is 0 Å². The lowest BCUT2D eigenvalue weighted by Gasteiger charge is -2.37. The third-order valence-electron chi connectivity index (χ3n) is 7.15. The summed E-state index contributed by atoms with van der Waals surface area (Å²) in [5, 5.41) is 12.0. The van der Waals surface area contributed by atoms with E-state index in [1.807, 2.05) is 22.8 Å². The summed E-state index contributed by atoms with van der Waals surface area (Å²) in [6.45, 7) is 1.93. The summed E-state index contributed by atoms with van der Waals surface area (Å²) in [4.78, 5) is 18.4. The fourth-order valence-corrected chi connectivity index (χ4v) is 5.25. The zero-order valence-corrected chi connectivity index (χ0v) is 19.7. The van der Waals surface area contributed by atoms with Crippen molar-refractivity contribution in [3.05, 3.63) is 78.5 Å². The quantitative estimate of drug-likeness (QED) is 0.415. The molecule has 3 heterocycles. The van der Waals surface area contributed by atoms with Gasteiger partial charge >= 0.3 is 0 Å². The SMILES string of the molecule is CNC(=O)C(c1ccccc1)N1CCC(CCCc2c[nH]c3ccc(-n4cnnc4)cc23)CC1. The van der Waals surface area contributed by atoms with Crippen LogP contribution in [-0.2, 0) is 11.2 Å². The van der Waals surface area contributed by atoms with Gasteiger partial charge in [-0.3, -0.25) is 14.3 Å². The number of likely N-dealkylation sites (tertiary alicyclic amines) is 1. The molecule has 5 rings (SSSR count). The van der Waals surface area contributed by atoms with Gasteiger partial charge in [0, 0.05) is 29.8 Å². The zero-order valence-electron chi connectivity index (χ0n) is 19.7. The van der Waals surface area contributed by atoms with Gasteiger partial charge in [-0.2, -0.15) is 0 Å². The summed E-state index contributed by atoms with van der Waals surface area (Å²) < 4.78 is 1.94. The van der Waals surface area contributed by atoms with Crippen LogP contribution in [0.15, 0.2) is 67.4 Å². The number of aromatic amines is 1. The third-order valence-corrected chi connectivity index (χ3v) is 7.15. The molecule has 7 heteroatoms. The van der Waals surface area contributed by atoms with Crippen LogP contribution in [0.4, 0.5) is 0 Å². The van der Waals surface area contributed by atoms with E-state index in [-0.39, 0.29) is 11.9 Å². The van der Waals surface area contributed by atoms with E-state index in [1.165, 1.54) is 29.3 Å². The van der Waals surface area contributed by atoms with Gasteiger partial charge in [0.2, 0.25) is 5.91 Å². The topological polar surface area (TPSA) is 78.8 Å². The number of amides is 1. The summed E-state index contributed by atoms with van der Waals surface area (Å²) in [6, 6.07) is 16.4. The lowest BCUT2D eigenvalue weighted by Crippen LogP contribution is -2.43. The number of nitrogens with zero attached hydrogens (tertiary/aromatic N) is 4. The van der Waals surface area contributed by atoms with Crippen molar-refractivity contribution in [3.63, 3.8) is 0 Å². The number of rotatable bonds is 8. The van der Waals surface area contributed by atoms with Crippen LogP contribution in [0.1, 0.15) is 42.9 Å². The van der Waals surface area contributed by atoms with Crippen LogP contribution >= 0.6 is 0 Å². The van der Waals surface area contributed by atoms with Gasteiger partial charge in [0.05, 0.1) is 0 Å². The molecule has 1 unspecified atom stereocenters. The smallest absolute Gasteiger partial charge is 0.241 e. The van der Waals surface area contributed by atoms with E-state index >= 15 is 0 Å². The highest BCUT2D eigenvalue weighted by Gasteiger charge is 2.30. The minimum atomic E-state index is -0.196. The number of benzene rings is 2. The molecule has 0 aliphatic carbocycles. The molecule has 1 aliphatic heterocycles. The maximum absolute atomic E-state index is 12.6. The molecule has 4 aromatic rings. The van der Waals surface area contributed by atoms with Crippen molar-refractivity contribution in [2.24, 2.45) is 5.92 Å². The van der Waals surface area contributed by atoms with Crippen LogP contribution in [0.25, 0.3) is 16.6 Å². The van der Waals surface area contributed by atoms with Crippen molar-refractivity contribution in [1.29, 1.82) is 0 Å². The first-order chi connectivity index (χ1) is 16.7. The van der Waals surface area contributed by atoms with Crippen LogP contribution in [-0.4, -0.2) is 50.7 Å². The van der Waals surface area contributed by atoms with Gasteiger partial charge in [-0.15, -0.1) is 10.2 Å². The van der Waals surface area contributed by atoms with Crippen LogP contribution in [0.2, 0.25) is 0 Å². The minimum Gasteiger partial charge on any atom is -0.361 e.